The smallest absolute Gasteiger partial charge is 0.103 e. The summed E-state index contributed by atoms with van der Waals surface area (Å²) in [7, 11) is 0. The van der Waals surface area contributed by atoms with E-state index in [2.05, 4.69) is 6.58 Å². The van der Waals surface area contributed by atoms with E-state index in [1.165, 1.54) is 25.7 Å². The van der Waals surface area contributed by atoms with Crippen molar-refractivity contribution in [2.75, 3.05) is 0 Å². The standard InChI is InChI=1S/C13H18O/c1-2-14-12-8-3-10-5-11-4-9(12)7-13(10,11)6-8/h2,8-12H,1,3-7H2. The van der Waals surface area contributed by atoms with E-state index in [9.17, 15) is 0 Å². The van der Waals surface area contributed by atoms with E-state index in [4.69, 9.17) is 4.74 Å². The van der Waals surface area contributed by atoms with Crippen LogP contribution in [0.5, 0.6) is 0 Å². The topological polar surface area (TPSA) is 9.23 Å². The fourth-order valence-corrected chi connectivity index (χ4v) is 5.49. The van der Waals surface area contributed by atoms with Crippen molar-refractivity contribution in [3.8, 4) is 0 Å². The molecule has 1 nitrogen and oxygen atoms in total. The fraction of sp³-hybridized carbons (Fsp3) is 0.846. The molecule has 0 heterocycles. The second-order valence-electron chi connectivity index (χ2n) is 6.03. The molecule has 0 aromatic rings. The van der Waals surface area contributed by atoms with E-state index in [0.717, 1.165) is 29.1 Å². The van der Waals surface area contributed by atoms with Gasteiger partial charge in [0, 0.05) is 0 Å². The van der Waals surface area contributed by atoms with Gasteiger partial charge in [0.05, 0.1) is 6.26 Å². The molecule has 4 unspecified atom stereocenters. The lowest BCUT2D eigenvalue weighted by Crippen LogP contribution is -2.42. The van der Waals surface area contributed by atoms with Crippen molar-refractivity contribution in [3.05, 3.63) is 12.8 Å². The van der Waals surface area contributed by atoms with Crippen molar-refractivity contribution in [1.82, 2.24) is 0 Å². The molecule has 0 N–H and O–H groups in total. The first kappa shape index (κ1) is 7.78. The summed E-state index contributed by atoms with van der Waals surface area (Å²) in [5.41, 5.74) is 0.830. The Kier molecular flexibility index (Phi) is 1.22. The number of hydrogen-bond acceptors (Lipinski definition) is 1. The predicted molar refractivity (Wildman–Crippen MR) is 54.5 cm³/mol. The van der Waals surface area contributed by atoms with Gasteiger partial charge in [-0.15, -0.1) is 0 Å². The highest BCUT2D eigenvalue weighted by atomic mass is 16.5. The third kappa shape index (κ3) is 0.646. The fourth-order valence-electron chi connectivity index (χ4n) is 5.49. The Bertz CT molecular complexity index is 272. The average Bonchev–Trinajstić information content (AvgIpc) is 2.55. The quantitative estimate of drug-likeness (QED) is 0.608. The maximum atomic E-state index is 5.77. The first-order valence-corrected chi connectivity index (χ1v) is 6.10. The highest BCUT2D eigenvalue weighted by molar-refractivity contribution is 5.18. The summed E-state index contributed by atoms with van der Waals surface area (Å²) in [5, 5.41) is 0. The van der Waals surface area contributed by atoms with Gasteiger partial charge in [0.15, 0.2) is 0 Å². The van der Waals surface area contributed by atoms with Crippen LogP contribution in [0.25, 0.3) is 0 Å². The third-order valence-electron chi connectivity index (χ3n) is 5.84. The van der Waals surface area contributed by atoms with Gasteiger partial charge in [-0.3, -0.25) is 0 Å². The van der Waals surface area contributed by atoms with Gasteiger partial charge in [0.25, 0.3) is 0 Å². The molecule has 1 spiro atoms. The normalized spacial score (nSPS) is 62.1. The van der Waals surface area contributed by atoms with Crippen molar-refractivity contribution in [3.63, 3.8) is 0 Å². The molecule has 4 aliphatic rings. The van der Waals surface area contributed by atoms with Gasteiger partial charge in [-0.25, -0.2) is 0 Å². The molecule has 0 aromatic carbocycles. The summed E-state index contributed by atoms with van der Waals surface area (Å²) in [6, 6.07) is 0. The maximum absolute atomic E-state index is 5.77. The lowest BCUT2D eigenvalue weighted by Gasteiger charge is -2.49. The van der Waals surface area contributed by atoms with Gasteiger partial charge < -0.3 is 4.74 Å². The van der Waals surface area contributed by atoms with Gasteiger partial charge in [0.1, 0.15) is 6.10 Å². The van der Waals surface area contributed by atoms with Crippen molar-refractivity contribution < 1.29 is 4.74 Å². The second-order valence-corrected chi connectivity index (χ2v) is 6.03. The van der Waals surface area contributed by atoms with E-state index in [1.807, 2.05) is 0 Å². The Morgan fingerprint density at radius 3 is 2.29 bits per heavy atom. The van der Waals surface area contributed by atoms with E-state index < -0.39 is 0 Å². The molecular weight excluding hydrogens is 172 g/mol. The van der Waals surface area contributed by atoms with Crippen LogP contribution >= 0.6 is 0 Å². The summed E-state index contributed by atoms with van der Waals surface area (Å²) >= 11 is 0. The molecule has 0 amide bonds. The van der Waals surface area contributed by atoms with Crippen LogP contribution in [0.1, 0.15) is 32.1 Å². The lowest BCUT2D eigenvalue weighted by atomic mass is 9.56. The molecule has 0 aromatic heterocycles. The summed E-state index contributed by atoms with van der Waals surface area (Å²) in [5.74, 6) is 3.93. The first-order chi connectivity index (χ1) is 6.83. The highest BCUT2D eigenvalue weighted by Gasteiger charge is 2.69. The van der Waals surface area contributed by atoms with Gasteiger partial charge in [-0.05, 0) is 61.2 Å². The maximum Gasteiger partial charge on any atom is 0.103 e. The number of rotatable bonds is 2. The zero-order valence-electron chi connectivity index (χ0n) is 8.61. The molecule has 4 atom stereocenters. The molecule has 0 aliphatic heterocycles. The molecule has 4 rings (SSSR count). The van der Waals surface area contributed by atoms with Crippen molar-refractivity contribution in [2.24, 2.45) is 29.1 Å². The van der Waals surface area contributed by atoms with Gasteiger partial charge in [0.2, 0.25) is 0 Å². The van der Waals surface area contributed by atoms with Crippen LogP contribution in [0, 0.1) is 29.1 Å². The Labute approximate surface area is 85.5 Å². The molecule has 1 heteroatoms. The monoisotopic (exact) mass is 190 g/mol. The van der Waals surface area contributed by atoms with Crippen LogP contribution in [-0.4, -0.2) is 6.10 Å². The lowest BCUT2D eigenvalue weighted by molar-refractivity contribution is -0.0148. The zero-order chi connectivity index (χ0) is 9.34. The largest absolute Gasteiger partial charge is 0.498 e. The summed E-state index contributed by atoms with van der Waals surface area (Å²) in [6.07, 6.45) is 9.66. The molecule has 4 aliphatic carbocycles. The van der Waals surface area contributed by atoms with Gasteiger partial charge >= 0.3 is 0 Å². The summed E-state index contributed by atoms with van der Waals surface area (Å²) in [6.45, 7) is 3.73. The first-order valence-electron chi connectivity index (χ1n) is 6.10. The zero-order valence-corrected chi connectivity index (χ0v) is 8.61. The minimum absolute atomic E-state index is 0.538. The van der Waals surface area contributed by atoms with E-state index >= 15 is 0 Å². The van der Waals surface area contributed by atoms with Crippen molar-refractivity contribution >= 4 is 0 Å². The van der Waals surface area contributed by atoms with Crippen LogP contribution in [0.15, 0.2) is 12.8 Å². The van der Waals surface area contributed by atoms with E-state index in [-0.39, 0.29) is 0 Å². The van der Waals surface area contributed by atoms with Crippen LogP contribution in [0.2, 0.25) is 0 Å². The third-order valence-corrected chi connectivity index (χ3v) is 5.84. The Morgan fingerprint density at radius 2 is 1.71 bits per heavy atom. The van der Waals surface area contributed by atoms with E-state index in [1.54, 1.807) is 12.7 Å². The Morgan fingerprint density at radius 1 is 1.07 bits per heavy atom. The molecule has 0 radical (unpaired) electrons. The molecule has 76 valence electrons. The molecule has 0 saturated heterocycles. The van der Waals surface area contributed by atoms with E-state index in [0.29, 0.717) is 6.10 Å². The molecule has 14 heavy (non-hydrogen) atoms. The van der Waals surface area contributed by atoms with Crippen molar-refractivity contribution in [1.29, 1.82) is 0 Å². The highest BCUT2D eigenvalue weighted by Crippen LogP contribution is 2.75. The molecule has 4 fully saturated rings. The number of ether oxygens (including phenoxy) is 1. The molecule has 4 saturated carbocycles. The van der Waals surface area contributed by atoms with Crippen LogP contribution in [-0.2, 0) is 4.74 Å². The minimum Gasteiger partial charge on any atom is -0.498 e. The Balaban J connectivity index is 1.72. The van der Waals surface area contributed by atoms with Crippen LogP contribution < -0.4 is 0 Å². The summed E-state index contributed by atoms with van der Waals surface area (Å²) in [4.78, 5) is 0. The van der Waals surface area contributed by atoms with Crippen LogP contribution in [0.3, 0.4) is 0 Å². The minimum atomic E-state index is 0.538. The number of fused-ring (bicyclic) bond motifs is 2. The molecule has 3 bridgehead atoms. The number of hydrogen-bond donors (Lipinski definition) is 0. The average molecular weight is 190 g/mol. The molecular formula is C13H18O. The summed E-state index contributed by atoms with van der Waals surface area (Å²) < 4.78 is 5.77. The second kappa shape index (κ2) is 2.20. The van der Waals surface area contributed by atoms with Gasteiger partial charge in [-0.1, -0.05) is 6.58 Å². The SMILES string of the molecule is C=COC1C2CC3CC4CC1CC34C2. The predicted octanol–water partition coefficient (Wildman–Crippen LogP) is 2.97. The van der Waals surface area contributed by atoms with Crippen molar-refractivity contribution in [2.45, 2.75) is 38.2 Å². The van der Waals surface area contributed by atoms with Gasteiger partial charge in [-0.2, -0.15) is 0 Å². The Hall–Kier alpha value is -0.460. The van der Waals surface area contributed by atoms with Crippen LogP contribution in [0.4, 0.5) is 0 Å².